The number of carbonyl (C=O) groups excluding carboxylic acids is 4. The van der Waals surface area contributed by atoms with Gasteiger partial charge in [-0.15, -0.1) is 0 Å². The maximum absolute atomic E-state index is 13.1. The van der Waals surface area contributed by atoms with Gasteiger partial charge in [-0.25, -0.2) is 9.59 Å². The van der Waals surface area contributed by atoms with Crippen LogP contribution in [-0.4, -0.2) is 23.6 Å². The number of ketones is 2. The number of urea groups is 2. The second kappa shape index (κ2) is 16.0. The number of benzene rings is 6. The van der Waals surface area contributed by atoms with E-state index in [-0.39, 0.29) is 22.7 Å². The minimum absolute atomic E-state index is 0.256. The minimum atomic E-state index is -0.505. The molecule has 6 aromatic carbocycles. The first-order valence-electron chi connectivity index (χ1n) is 15.8. The molecule has 0 bridgehead atoms. The van der Waals surface area contributed by atoms with Crippen LogP contribution in [0.15, 0.2) is 146 Å². The van der Waals surface area contributed by atoms with E-state index < -0.39 is 12.1 Å². The number of hydrogen-bond donors (Lipinski definition) is 4. The molecule has 0 spiro atoms. The first-order chi connectivity index (χ1) is 24.7. The summed E-state index contributed by atoms with van der Waals surface area (Å²) >= 11 is 12.3. The molecule has 8 nitrogen and oxygen atoms in total. The molecular weight excluding hydrogens is 683 g/mol. The Labute approximate surface area is 304 Å². The van der Waals surface area contributed by atoms with E-state index in [1.165, 1.54) is 12.1 Å². The molecule has 0 saturated heterocycles. The summed E-state index contributed by atoms with van der Waals surface area (Å²) in [5.41, 5.74) is 5.36. The molecule has 0 unspecified atom stereocenters. The van der Waals surface area contributed by atoms with Crippen LogP contribution in [0.25, 0.3) is 0 Å². The maximum Gasteiger partial charge on any atom is 0.323 e. The van der Waals surface area contributed by atoms with Crippen molar-refractivity contribution >= 4 is 69.6 Å². The molecule has 0 aromatic heterocycles. The summed E-state index contributed by atoms with van der Waals surface area (Å²) in [6.45, 7) is 0. The highest BCUT2D eigenvalue weighted by molar-refractivity contribution is 6.32. The second-order valence-electron chi connectivity index (χ2n) is 11.5. The topological polar surface area (TPSA) is 116 Å². The molecule has 6 aromatic rings. The normalized spacial score (nSPS) is 10.5. The van der Waals surface area contributed by atoms with Gasteiger partial charge in [0.1, 0.15) is 0 Å². The molecule has 4 amide bonds. The van der Waals surface area contributed by atoms with E-state index in [9.17, 15) is 19.2 Å². The molecule has 0 aliphatic rings. The smallest absolute Gasteiger partial charge is 0.308 e. The van der Waals surface area contributed by atoms with Gasteiger partial charge in [0.25, 0.3) is 0 Å². The number of halogens is 2. The molecule has 6 rings (SSSR count). The number of rotatable bonds is 10. The van der Waals surface area contributed by atoms with Crippen molar-refractivity contribution < 1.29 is 19.2 Å². The highest BCUT2D eigenvalue weighted by Gasteiger charge is 2.18. The van der Waals surface area contributed by atoms with Crippen molar-refractivity contribution in [3.63, 3.8) is 0 Å². The van der Waals surface area contributed by atoms with Gasteiger partial charge in [0.05, 0.1) is 11.4 Å². The van der Waals surface area contributed by atoms with Crippen LogP contribution in [0.1, 0.15) is 43.0 Å². The van der Waals surface area contributed by atoms with Crippen molar-refractivity contribution in [3.8, 4) is 0 Å². The van der Waals surface area contributed by atoms with Crippen LogP contribution in [-0.2, 0) is 6.42 Å². The number of carbonyl (C=O) groups is 4. The van der Waals surface area contributed by atoms with Crippen LogP contribution in [0.2, 0.25) is 10.0 Å². The average Bonchev–Trinajstić information content (AvgIpc) is 3.15. The number of hydrogen-bond acceptors (Lipinski definition) is 4. The third kappa shape index (κ3) is 9.07. The Bertz CT molecular complexity index is 2050. The average molecular weight is 714 g/mol. The van der Waals surface area contributed by atoms with Crippen LogP contribution in [0.3, 0.4) is 0 Å². The number of nitrogens with one attached hydrogen (secondary N) is 4. The first kappa shape index (κ1) is 34.6. The Morgan fingerprint density at radius 3 is 1.18 bits per heavy atom. The number of amides is 4. The molecule has 0 heterocycles. The van der Waals surface area contributed by atoms with Crippen molar-refractivity contribution in [2.45, 2.75) is 6.42 Å². The molecule has 51 heavy (non-hydrogen) atoms. The fourth-order valence-corrected chi connectivity index (χ4v) is 5.68. The van der Waals surface area contributed by atoms with E-state index in [0.717, 1.165) is 11.1 Å². The van der Waals surface area contributed by atoms with Gasteiger partial charge in [-0.3, -0.25) is 9.59 Å². The molecule has 4 N–H and O–H groups in total. The van der Waals surface area contributed by atoms with Crippen molar-refractivity contribution in [3.05, 3.63) is 189 Å². The van der Waals surface area contributed by atoms with E-state index in [1.54, 1.807) is 97.1 Å². The third-order valence-corrected chi connectivity index (χ3v) is 8.32. The molecule has 252 valence electrons. The molecule has 0 atom stereocenters. The van der Waals surface area contributed by atoms with Gasteiger partial charge in [0.15, 0.2) is 11.6 Å². The zero-order valence-corrected chi connectivity index (χ0v) is 28.5. The van der Waals surface area contributed by atoms with Gasteiger partial charge in [0, 0.05) is 43.7 Å². The Kier molecular flexibility index (Phi) is 10.9. The van der Waals surface area contributed by atoms with Gasteiger partial charge in [-0.2, -0.15) is 0 Å². The summed E-state index contributed by atoms with van der Waals surface area (Å²) < 4.78 is 0. The standard InChI is InChI=1S/C41H30Cl2N4O4/c42-30-15-21-36(34(24-30)38(48)28-7-3-1-4-8-28)46-40(50)44-32-17-11-26(12-18-32)23-27-13-19-33(20-14-27)45-41(51)47-37-22-16-31(43)25-35(37)39(49)29-9-5-2-6-10-29/h1-22,24-25H,23H2,(H2,44,46,50)(H2,45,47,51). The zero-order valence-electron chi connectivity index (χ0n) is 27.0. The minimum Gasteiger partial charge on any atom is -0.308 e. The lowest BCUT2D eigenvalue weighted by molar-refractivity contribution is 0.103. The zero-order chi connectivity index (χ0) is 35.7. The van der Waals surface area contributed by atoms with Crippen molar-refractivity contribution in [2.24, 2.45) is 0 Å². The summed E-state index contributed by atoms with van der Waals surface area (Å²) in [5.74, 6) is -0.512. The summed E-state index contributed by atoms with van der Waals surface area (Å²) in [6, 6.07) is 40.8. The van der Waals surface area contributed by atoms with E-state index >= 15 is 0 Å². The van der Waals surface area contributed by atoms with Gasteiger partial charge in [-0.05, 0) is 78.2 Å². The maximum atomic E-state index is 13.1. The third-order valence-electron chi connectivity index (χ3n) is 7.85. The second-order valence-corrected chi connectivity index (χ2v) is 12.4. The molecular formula is C41H30Cl2N4O4. The summed E-state index contributed by atoms with van der Waals surface area (Å²) in [4.78, 5) is 51.9. The van der Waals surface area contributed by atoms with E-state index in [0.29, 0.717) is 50.3 Å². The fourth-order valence-electron chi connectivity index (χ4n) is 5.33. The SMILES string of the molecule is O=C(Nc1ccc(Cc2ccc(NC(=O)Nc3ccc(Cl)cc3C(=O)c3ccccc3)cc2)cc1)Nc1ccc(Cl)cc1C(=O)c1ccccc1. The summed E-state index contributed by atoms with van der Waals surface area (Å²) in [6.07, 6.45) is 0.615. The van der Waals surface area contributed by atoms with Gasteiger partial charge in [0.2, 0.25) is 0 Å². The van der Waals surface area contributed by atoms with Crippen LogP contribution in [0.4, 0.5) is 32.3 Å². The largest absolute Gasteiger partial charge is 0.323 e. The lowest BCUT2D eigenvalue weighted by Crippen LogP contribution is -2.21. The van der Waals surface area contributed by atoms with Gasteiger partial charge < -0.3 is 21.3 Å². The summed E-state index contributed by atoms with van der Waals surface area (Å²) in [5, 5.41) is 11.9. The molecule has 0 fully saturated rings. The first-order valence-corrected chi connectivity index (χ1v) is 16.6. The molecule has 10 heteroatoms. The van der Waals surface area contributed by atoms with Crippen LogP contribution < -0.4 is 21.3 Å². The van der Waals surface area contributed by atoms with Crippen molar-refractivity contribution in [2.75, 3.05) is 21.3 Å². The van der Waals surface area contributed by atoms with E-state index in [1.807, 2.05) is 36.4 Å². The monoisotopic (exact) mass is 712 g/mol. The van der Waals surface area contributed by atoms with Gasteiger partial charge in [-0.1, -0.05) is 108 Å². The summed E-state index contributed by atoms with van der Waals surface area (Å²) in [7, 11) is 0. The van der Waals surface area contributed by atoms with Gasteiger partial charge >= 0.3 is 12.1 Å². The lowest BCUT2D eigenvalue weighted by atomic mass is 10.0. The molecule has 0 aliphatic heterocycles. The van der Waals surface area contributed by atoms with Crippen molar-refractivity contribution in [1.29, 1.82) is 0 Å². The fraction of sp³-hybridized carbons (Fsp3) is 0.0244. The quantitative estimate of drug-likeness (QED) is 0.106. The van der Waals surface area contributed by atoms with E-state index in [4.69, 9.17) is 23.2 Å². The predicted octanol–water partition coefficient (Wildman–Crippen LogP) is 10.3. The Balaban J connectivity index is 1.03. The van der Waals surface area contributed by atoms with Crippen molar-refractivity contribution in [1.82, 2.24) is 0 Å². The van der Waals surface area contributed by atoms with Crippen LogP contribution in [0.5, 0.6) is 0 Å². The highest BCUT2D eigenvalue weighted by atomic mass is 35.5. The van der Waals surface area contributed by atoms with Crippen LogP contribution >= 0.6 is 23.2 Å². The van der Waals surface area contributed by atoms with Crippen LogP contribution in [0, 0.1) is 0 Å². The lowest BCUT2D eigenvalue weighted by Gasteiger charge is -2.13. The number of anilines is 4. The Hall–Kier alpha value is -6.22. The Morgan fingerprint density at radius 1 is 0.431 bits per heavy atom. The highest BCUT2D eigenvalue weighted by Crippen LogP contribution is 2.26. The predicted molar refractivity (Wildman–Crippen MR) is 204 cm³/mol. The molecule has 0 saturated carbocycles. The Morgan fingerprint density at radius 2 is 0.804 bits per heavy atom. The van der Waals surface area contributed by atoms with E-state index in [2.05, 4.69) is 21.3 Å². The molecule has 0 radical (unpaired) electrons. The molecule has 0 aliphatic carbocycles.